The van der Waals surface area contributed by atoms with Crippen LogP contribution in [-0.2, 0) is 22.6 Å². The standard InChI is InChI=1S/C22H27N3O3/c1-16(26)23-19-8-5-10-25(13-19)22(27)15-24-11-9-18-12-20(28-21(18)14-24)17-6-3-2-4-7-17/h2-4,6-7,12,19H,5,8-11,13-15H2,1H3,(H,23,26). The summed E-state index contributed by atoms with van der Waals surface area (Å²) in [6.45, 7) is 4.82. The zero-order valence-electron chi connectivity index (χ0n) is 16.3. The van der Waals surface area contributed by atoms with Gasteiger partial charge in [0, 0.05) is 38.2 Å². The summed E-state index contributed by atoms with van der Waals surface area (Å²) in [5.41, 5.74) is 2.32. The molecule has 1 fully saturated rings. The zero-order valence-corrected chi connectivity index (χ0v) is 16.3. The minimum Gasteiger partial charge on any atom is -0.459 e. The molecule has 0 aliphatic carbocycles. The first-order valence-electron chi connectivity index (χ1n) is 10.0. The lowest BCUT2D eigenvalue weighted by molar-refractivity contribution is -0.134. The SMILES string of the molecule is CC(=O)NC1CCCN(C(=O)CN2CCc3cc(-c4ccccc4)oc3C2)C1. The number of rotatable bonds is 4. The minimum absolute atomic E-state index is 0.0325. The van der Waals surface area contributed by atoms with Gasteiger partial charge in [0.1, 0.15) is 11.5 Å². The molecule has 3 heterocycles. The lowest BCUT2D eigenvalue weighted by Crippen LogP contribution is -2.51. The Labute approximate surface area is 165 Å². The Kier molecular flexibility index (Phi) is 5.48. The van der Waals surface area contributed by atoms with Crippen molar-refractivity contribution in [2.45, 2.75) is 38.8 Å². The number of hydrogen-bond donors (Lipinski definition) is 1. The molecule has 2 aliphatic rings. The number of nitrogens with zero attached hydrogens (tertiary/aromatic N) is 2. The van der Waals surface area contributed by atoms with Gasteiger partial charge in [-0.2, -0.15) is 0 Å². The zero-order chi connectivity index (χ0) is 19.5. The van der Waals surface area contributed by atoms with Crippen molar-refractivity contribution in [3.05, 3.63) is 47.7 Å². The summed E-state index contributed by atoms with van der Waals surface area (Å²) in [5, 5.41) is 2.94. The molecular formula is C22H27N3O3. The number of carbonyl (C=O) groups excluding carboxylic acids is 2. The smallest absolute Gasteiger partial charge is 0.236 e. The van der Waals surface area contributed by atoms with Gasteiger partial charge in [0.15, 0.2) is 0 Å². The molecule has 0 saturated carbocycles. The van der Waals surface area contributed by atoms with E-state index >= 15 is 0 Å². The molecule has 1 aromatic carbocycles. The molecule has 2 aromatic rings. The van der Waals surface area contributed by atoms with E-state index in [1.807, 2.05) is 35.2 Å². The average molecular weight is 381 g/mol. The topological polar surface area (TPSA) is 65.8 Å². The lowest BCUT2D eigenvalue weighted by atomic mass is 10.0. The van der Waals surface area contributed by atoms with Crippen LogP contribution in [0.2, 0.25) is 0 Å². The number of carbonyl (C=O) groups is 2. The van der Waals surface area contributed by atoms with Crippen LogP contribution >= 0.6 is 0 Å². The van der Waals surface area contributed by atoms with E-state index in [0.717, 1.165) is 49.4 Å². The fourth-order valence-corrected chi connectivity index (χ4v) is 4.15. The normalized spacial score (nSPS) is 19.9. The molecular weight excluding hydrogens is 354 g/mol. The quantitative estimate of drug-likeness (QED) is 0.883. The highest BCUT2D eigenvalue weighted by molar-refractivity contribution is 5.79. The van der Waals surface area contributed by atoms with E-state index in [1.54, 1.807) is 0 Å². The van der Waals surface area contributed by atoms with Crippen molar-refractivity contribution in [1.82, 2.24) is 15.1 Å². The summed E-state index contributed by atoms with van der Waals surface area (Å²) in [6.07, 6.45) is 2.76. The summed E-state index contributed by atoms with van der Waals surface area (Å²) < 4.78 is 6.10. The molecule has 4 rings (SSSR count). The molecule has 6 heteroatoms. The maximum Gasteiger partial charge on any atom is 0.236 e. The summed E-state index contributed by atoms with van der Waals surface area (Å²) in [5.74, 6) is 1.96. The summed E-state index contributed by atoms with van der Waals surface area (Å²) in [6, 6.07) is 12.3. The van der Waals surface area contributed by atoms with Gasteiger partial charge in [-0.05, 0) is 30.9 Å². The van der Waals surface area contributed by atoms with Crippen molar-refractivity contribution in [2.24, 2.45) is 0 Å². The summed E-state index contributed by atoms with van der Waals surface area (Å²) in [4.78, 5) is 28.1. The number of amides is 2. The van der Waals surface area contributed by atoms with Crippen molar-refractivity contribution in [2.75, 3.05) is 26.2 Å². The van der Waals surface area contributed by atoms with Crippen molar-refractivity contribution < 1.29 is 14.0 Å². The van der Waals surface area contributed by atoms with E-state index < -0.39 is 0 Å². The third kappa shape index (κ3) is 4.28. The van der Waals surface area contributed by atoms with Crippen LogP contribution < -0.4 is 5.32 Å². The molecule has 0 radical (unpaired) electrons. The van der Waals surface area contributed by atoms with Crippen molar-refractivity contribution in [3.8, 4) is 11.3 Å². The van der Waals surface area contributed by atoms with Gasteiger partial charge >= 0.3 is 0 Å². The number of hydrogen-bond acceptors (Lipinski definition) is 4. The molecule has 1 unspecified atom stereocenters. The Morgan fingerprint density at radius 1 is 1.21 bits per heavy atom. The average Bonchev–Trinajstić information content (AvgIpc) is 3.12. The van der Waals surface area contributed by atoms with Gasteiger partial charge in [-0.3, -0.25) is 14.5 Å². The van der Waals surface area contributed by atoms with Gasteiger partial charge in [0.05, 0.1) is 13.1 Å². The van der Waals surface area contributed by atoms with Crippen LogP contribution in [0.5, 0.6) is 0 Å². The second-order valence-electron chi connectivity index (χ2n) is 7.77. The molecule has 2 aliphatic heterocycles. The van der Waals surface area contributed by atoms with Gasteiger partial charge in [-0.25, -0.2) is 0 Å². The first kappa shape index (κ1) is 18.7. The monoisotopic (exact) mass is 381 g/mol. The molecule has 1 aromatic heterocycles. The Bertz CT molecular complexity index is 846. The predicted octanol–water partition coefficient (Wildman–Crippen LogP) is 2.43. The molecule has 6 nitrogen and oxygen atoms in total. The predicted molar refractivity (Wildman–Crippen MR) is 107 cm³/mol. The number of benzene rings is 1. The van der Waals surface area contributed by atoms with Crippen LogP contribution in [0.3, 0.4) is 0 Å². The Morgan fingerprint density at radius 2 is 2.04 bits per heavy atom. The van der Waals surface area contributed by atoms with Crippen molar-refractivity contribution in [3.63, 3.8) is 0 Å². The summed E-state index contributed by atoms with van der Waals surface area (Å²) in [7, 11) is 0. The van der Waals surface area contributed by atoms with Crippen LogP contribution in [0.4, 0.5) is 0 Å². The molecule has 148 valence electrons. The van der Waals surface area contributed by atoms with Gasteiger partial charge in [0.25, 0.3) is 0 Å². The van der Waals surface area contributed by atoms with E-state index in [-0.39, 0.29) is 17.9 Å². The highest BCUT2D eigenvalue weighted by Gasteiger charge is 2.27. The highest BCUT2D eigenvalue weighted by atomic mass is 16.3. The van der Waals surface area contributed by atoms with Crippen LogP contribution in [0.25, 0.3) is 11.3 Å². The molecule has 1 N–H and O–H groups in total. The lowest BCUT2D eigenvalue weighted by Gasteiger charge is -2.35. The van der Waals surface area contributed by atoms with Gasteiger partial charge in [-0.1, -0.05) is 30.3 Å². The number of fused-ring (bicyclic) bond motifs is 1. The number of furan rings is 1. The van der Waals surface area contributed by atoms with Crippen molar-refractivity contribution >= 4 is 11.8 Å². The fraction of sp³-hybridized carbons (Fsp3) is 0.455. The largest absolute Gasteiger partial charge is 0.459 e. The van der Waals surface area contributed by atoms with E-state index in [2.05, 4.69) is 16.3 Å². The fourth-order valence-electron chi connectivity index (χ4n) is 4.15. The Hall–Kier alpha value is -2.60. The molecule has 0 spiro atoms. The van der Waals surface area contributed by atoms with Crippen LogP contribution in [-0.4, -0.2) is 53.8 Å². The van der Waals surface area contributed by atoms with E-state index in [4.69, 9.17) is 4.42 Å². The molecule has 0 bridgehead atoms. The Balaban J connectivity index is 1.36. The molecule has 1 atom stereocenters. The molecule has 1 saturated heterocycles. The van der Waals surface area contributed by atoms with Crippen molar-refractivity contribution in [1.29, 1.82) is 0 Å². The van der Waals surface area contributed by atoms with Crippen LogP contribution in [0.15, 0.2) is 40.8 Å². The molecule has 28 heavy (non-hydrogen) atoms. The maximum absolute atomic E-state index is 12.8. The highest BCUT2D eigenvalue weighted by Crippen LogP contribution is 2.29. The van der Waals surface area contributed by atoms with Crippen LogP contribution in [0, 0.1) is 0 Å². The Morgan fingerprint density at radius 3 is 2.82 bits per heavy atom. The van der Waals surface area contributed by atoms with Gasteiger partial charge in [0.2, 0.25) is 11.8 Å². The first-order chi connectivity index (χ1) is 13.6. The molecule has 2 amide bonds. The third-order valence-electron chi connectivity index (χ3n) is 5.56. The second kappa shape index (κ2) is 8.19. The number of piperidine rings is 1. The van der Waals surface area contributed by atoms with Crippen LogP contribution in [0.1, 0.15) is 31.1 Å². The maximum atomic E-state index is 12.8. The first-order valence-corrected chi connectivity index (χ1v) is 10.0. The van der Waals surface area contributed by atoms with Gasteiger partial charge < -0.3 is 14.6 Å². The van der Waals surface area contributed by atoms with E-state index in [9.17, 15) is 9.59 Å². The second-order valence-corrected chi connectivity index (χ2v) is 7.77. The summed E-state index contributed by atoms with van der Waals surface area (Å²) >= 11 is 0. The third-order valence-corrected chi connectivity index (χ3v) is 5.56. The van der Waals surface area contributed by atoms with Gasteiger partial charge in [-0.15, -0.1) is 0 Å². The van der Waals surface area contributed by atoms with E-state index in [1.165, 1.54) is 12.5 Å². The minimum atomic E-state index is -0.0325. The number of likely N-dealkylation sites (tertiary alicyclic amines) is 1. The van der Waals surface area contributed by atoms with E-state index in [0.29, 0.717) is 19.6 Å². The number of nitrogens with one attached hydrogen (secondary N) is 1.